The van der Waals surface area contributed by atoms with Gasteiger partial charge in [-0.05, 0) is 23.8 Å². The van der Waals surface area contributed by atoms with Gasteiger partial charge < -0.3 is 15.1 Å². The number of nitrogens with zero attached hydrogens (tertiary/aromatic N) is 2. The van der Waals surface area contributed by atoms with Gasteiger partial charge in [-0.15, -0.1) is 0 Å². The lowest BCUT2D eigenvalue weighted by Gasteiger charge is -2.27. The molecule has 0 unspecified atom stereocenters. The van der Waals surface area contributed by atoms with E-state index in [-0.39, 0.29) is 28.8 Å². The summed E-state index contributed by atoms with van der Waals surface area (Å²) in [6, 6.07) is 7.78. The van der Waals surface area contributed by atoms with Crippen LogP contribution in [0.15, 0.2) is 30.3 Å². The van der Waals surface area contributed by atoms with Crippen LogP contribution in [0.5, 0.6) is 11.5 Å². The molecule has 29 heavy (non-hydrogen) atoms. The van der Waals surface area contributed by atoms with Crippen LogP contribution in [0.25, 0.3) is 11.3 Å². The summed E-state index contributed by atoms with van der Waals surface area (Å²) in [4.78, 5) is 14.6. The van der Waals surface area contributed by atoms with Crippen molar-refractivity contribution < 1.29 is 15.0 Å². The fourth-order valence-electron chi connectivity index (χ4n) is 3.41. The Morgan fingerprint density at radius 2 is 1.86 bits per heavy atom. The number of rotatable bonds is 3. The maximum absolute atomic E-state index is 12.8. The van der Waals surface area contributed by atoms with Crippen LogP contribution in [0.1, 0.15) is 16.8 Å². The Bertz CT molecular complexity index is 1110. The van der Waals surface area contributed by atoms with E-state index in [0.717, 1.165) is 16.8 Å². The number of hydrogen-bond donors (Lipinski definition) is 3. The molecule has 0 spiro atoms. The zero-order valence-corrected chi connectivity index (χ0v) is 17.3. The molecule has 4 rings (SSSR count). The molecule has 0 saturated heterocycles. The van der Waals surface area contributed by atoms with Crippen molar-refractivity contribution in [3.63, 3.8) is 0 Å². The molecule has 1 aliphatic rings. The van der Waals surface area contributed by atoms with Crippen molar-refractivity contribution in [2.45, 2.75) is 19.4 Å². The number of halogens is 3. The Balaban J connectivity index is 1.58. The summed E-state index contributed by atoms with van der Waals surface area (Å²) in [7, 11) is 0. The van der Waals surface area contributed by atoms with E-state index in [9.17, 15) is 15.0 Å². The van der Waals surface area contributed by atoms with Crippen LogP contribution >= 0.6 is 34.8 Å². The van der Waals surface area contributed by atoms with Gasteiger partial charge in [-0.25, -0.2) is 0 Å². The third-order valence-electron chi connectivity index (χ3n) is 4.95. The largest absolute Gasteiger partial charge is 0.507 e. The van der Waals surface area contributed by atoms with Crippen molar-refractivity contribution in [3.8, 4) is 22.8 Å². The summed E-state index contributed by atoms with van der Waals surface area (Å²) >= 11 is 18.0. The number of aromatic hydroxyl groups is 2. The quantitative estimate of drug-likeness (QED) is 0.543. The lowest BCUT2D eigenvalue weighted by molar-refractivity contribution is -0.131. The van der Waals surface area contributed by atoms with E-state index in [0.29, 0.717) is 40.8 Å². The number of aromatic nitrogens is 2. The number of phenolic OH excluding ortho intramolecular Hbond substituents is 2. The average Bonchev–Trinajstić information content (AvgIpc) is 3.10. The first kappa shape index (κ1) is 19.9. The molecule has 1 aromatic heterocycles. The lowest BCUT2D eigenvalue weighted by Crippen LogP contribution is -2.36. The summed E-state index contributed by atoms with van der Waals surface area (Å²) in [5.41, 5.74) is 3.40. The molecular formula is C20H16Cl3N3O3. The number of carbonyl (C=O) groups is 1. The van der Waals surface area contributed by atoms with Gasteiger partial charge in [-0.2, -0.15) is 5.10 Å². The maximum atomic E-state index is 12.8. The van der Waals surface area contributed by atoms with Crippen LogP contribution in [0.4, 0.5) is 0 Å². The molecule has 150 valence electrons. The number of hydrogen-bond acceptors (Lipinski definition) is 4. The Morgan fingerprint density at radius 1 is 1.07 bits per heavy atom. The van der Waals surface area contributed by atoms with Crippen molar-refractivity contribution in [3.05, 3.63) is 62.2 Å². The normalized spacial score (nSPS) is 13.4. The minimum Gasteiger partial charge on any atom is -0.507 e. The van der Waals surface area contributed by atoms with E-state index in [1.807, 2.05) is 0 Å². The number of carbonyl (C=O) groups excluding carboxylic acids is 1. The fraction of sp³-hybridized carbons (Fsp3) is 0.200. The van der Waals surface area contributed by atoms with Crippen molar-refractivity contribution in [2.24, 2.45) is 0 Å². The summed E-state index contributed by atoms with van der Waals surface area (Å²) in [6.45, 7) is 0.899. The third-order valence-corrected chi connectivity index (χ3v) is 5.99. The number of phenols is 2. The molecule has 0 saturated carbocycles. The average molecular weight is 453 g/mol. The molecule has 0 radical (unpaired) electrons. The number of benzene rings is 2. The zero-order chi connectivity index (χ0) is 20.7. The Morgan fingerprint density at radius 3 is 2.62 bits per heavy atom. The first-order chi connectivity index (χ1) is 13.8. The van der Waals surface area contributed by atoms with Gasteiger partial charge in [-0.1, -0.05) is 40.9 Å². The maximum Gasteiger partial charge on any atom is 0.227 e. The molecule has 2 aromatic carbocycles. The minimum atomic E-state index is -0.212. The number of fused-ring (bicyclic) bond motifs is 1. The Kier molecular flexibility index (Phi) is 5.34. The molecule has 6 nitrogen and oxygen atoms in total. The number of aromatic amines is 1. The molecule has 1 amide bonds. The van der Waals surface area contributed by atoms with Gasteiger partial charge in [0.05, 0.1) is 21.5 Å². The highest BCUT2D eigenvalue weighted by molar-refractivity contribution is 6.42. The first-order valence-electron chi connectivity index (χ1n) is 8.83. The molecule has 9 heteroatoms. The van der Waals surface area contributed by atoms with Gasteiger partial charge in [0.1, 0.15) is 17.2 Å². The van der Waals surface area contributed by atoms with Crippen molar-refractivity contribution in [2.75, 3.05) is 6.54 Å². The van der Waals surface area contributed by atoms with Crippen LogP contribution in [0, 0.1) is 0 Å². The first-order valence-corrected chi connectivity index (χ1v) is 9.96. The van der Waals surface area contributed by atoms with E-state index < -0.39 is 0 Å². The van der Waals surface area contributed by atoms with Gasteiger partial charge >= 0.3 is 0 Å². The summed E-state index contributed by atoms with van der Waals surface area (Å²) in [6.07, 6.45) is 0.817. The zero-order valence-electron chi connectivity index (χ0n) is 15.0. The van der Waals surface area contributed by atoms with Gasteiger partial charge in [0.25, 0.3) is 0 Å². The fourth-order valence-corrected chi connectivity index (χ4v) is 3.89. The van der Waals surface area contributed by atoms with Gasteiger partial charge in [0.15, 0.2) is 0 Å². The van der Waals surface area contributed by atoms with Crippen LogP contribution in [0.2, 0.25) is 15.1 Å². The highest BCUT2D eigenvalue weighted by atomic mass is 35.5. The highest BCUT2D eigenvalue weighted by Gasteiger charge is 2.27. The highest BCUT2D eigenvalue weighted by Crippen LogP contribution is 2.39. The van der Waals surface area contributed by atoms with E-state index in [1.165, 1.54) is 12.1 Å². The molecule has 0 fully saturated rings. The van der Waals surface area contributed by atoms with Crippen LogP contribution < -0.4 is 0 Å². The number of amides is 1. The standard InChI is InChI=1S/C20H16Cl3N3O3/c21-13-2-1-10(5-14(13)22)6-19(29)26-4-3-16-12(9-26)20(25-24-16)11-7-15(23)18(28)8-17(11)27/h1-2,5,7-8,27-28H,3-4,6,9H2,(H,24,25). The molecule has 0 bridgehead atoms. The second-order valence-electron chi connectivity index (χ2n) is 6.84. The predicted molar refractivity (Wildman–Crippen MR) is 112 cm³/mol. The topological polar surface area (TPSA) is 89.5 Å². The van der Waals surface area contributed by atoms with E-state index in [2.05, 4.69) is 10.2 Å². The monoisotopic (exact) mass is 451 g/mol. The number of nitrogens with one attached hydrogen (secondary N) is 1. The Labute approximate surface area is 181 Å². The SMILES string of the molecule is O=C(Cc1ccc(Cl)c(Cl)c1)N1CCc2[nH]nc(-c3cc(Cl)c(O)cc3O)c2C1. The molecule has 0 aliphatic carbocycles. The molecule has 0 atom stereocenters. The van der Waals surface area contributed by atoms with E-state index >= 15 is 0 Å². The molecular weight excluding hydrogens is 437 g/mol. The van der Waals surface area contributed by atoms with Gasteiger partial charge in [0.2, 0.25) is 5.91 Å². The van der Waals surface area contributed by atoms with E-state index in [1.54, 1.807) is 23.1 Å². The molecule has 3 N–H and O–H groups in total. The van der Waals surface area contributed by atoms with Gasteiger partial charge in [-0.3, -0.25) is 9.89 Å². The van der Waals surface area contributed by atoms with Crippen molar-refractivity contribution in [1.29, 1.82) is 0 Å². The minimum absolute atomic E-state index is 0.0471. The van der Waals surface area contributed by atoms with Crippen LogP contribution in [-0.4, -0.2) is 37.8 Å². The number of H-pyrrole nitrogens is 1. The van der Waals surface area contributed by atoms with Crippen LogP contribution in [0.3, 0.4) is 0 Å². The van der Waals surface area contributed by atoms with Crippen LogP contribution in [-0.2, 0) is 24.2 Å². The van der Waals surface area contributed by atoms with E-state index in [4.69, 9.17) is 34.8 Å². The molecule has 2 heterocycles. The summed E-state index contributed by atoms with van der Waals surface area (Å²) in [5.74, 6) is -0.398. The Hall–Kier alpha value is -2.41. The second-order valence-corrected chi connectivity index (χ2v) is 8.06. The van der Waals surface area contributed by atoms with Crippen molar-refractivity contribution in [1.82, 2.24) is 15.1 Å². The van der Waals surface area contributed by atoms with Gasteiger partial charge in [0, 0.05) is 42.4 Å². The smallest absolute Gasteiger partial charge is 0.227 e. The summed E-state index contributed by atoms with van der Waals surface area (Å²) < 4.78 is 0. The molecule has 3 aromatic rings. The predicted octanol–water partition coefficient (Wildman–Crippen LogP) is 4.58. The summed E-state index contributed by atoms with van der Waals surface area (Å²) in [5, 5.41) is 28.1. The second kappa shape index (κ2) is 7.78. The third kappa shape index (κ3) is 3.88. The van der Waals surface area contributed by atoms with Crippen molar-refractivity contribution >= 4 is 40.7 Å². The lowest BCUT2D eigenvalue weighted by atomic mass is 9.99. The molecule has 1 aliphatic heterocycles.